The number of benzene rings is 1. The van der Waals surface area contributed by atoms with Crippen molar-refractivity contribution in [3.05, 3.63) is 35.9 Å². The number of hydrogen-bond acceptors (Lipinski definition) is 3. The molecule has 100 valence electrons. The predicted molar refractivity (Wildman–Crippen MR) is 59.8 cm³/mol. The molecule has 0 saturated carbocycles. The third-order valence-corrected chi connectivity index (χ3v) is 2.03. The molecule has 1 aromatic rings. The molecule has 1 aromatic carbocycles. The van der Waals surface area contributed by atoms with Gasteiger partial charge in [0.05, 0.1) is 6.61 Å². The molecule has 0 aromatic heterocycles. The molecular formula is C12H14F3NO2. The lowest BCUT2D eigenvalue weighted by atomic mass is 10.2. The molecule has 3 nitrogen and oxygen atoms in total. The molecule has 1 atom stereocenters. The van der Waals surface area contributed by atoms with Gasteiger partial charge >= 0.3 is 6.18 Å². The third-order valence-electron chi connectivity index (χ3n) is 2.03. The highest BCUT2D eigenvalue weighted by Gasteiger charge is 2.39. The molecule has 0 fully saturated rings. The molecule has 0 aliphatic rings. The molecule has 0 aliphatic heterocycles. The lowest BCUT2D eigenvalue weighted by molar-refractivity contribution is -0.224. The van der Waals surface area contributed by atoms with Crippen LogP contribution in [0, 0.1) is 5.41 Å². The average Bonchev–Trinajstić information content (AvgIpc) is 2.30. The maximum Gasteiger partial charge on any atom is 0.414 e. The van der Waals surface area contributed by atoms with Gasteiger partial charge in [-0.25, -0.2) is 10.2 Å². The van der Waals surface area contributed by atoms with E-state index in [1.165, 1.54) is 6.92 Å². The van der Waals surface area contributed by atoms with Crippen molar-refractivity contribution in [2.24, 2.45) is 0 Å². The van der Waals surface area contributed by atoms with Crippen LogP contribution in [0.1, 0.15) is 18.9 Å². The minimum absolute atomic E-state index is 0.00113. The molecule has 0 aliphatic carbocycles. The summed E-state index contributed by atoms with van der Waals surface area (Å²) in [6, 6.07) is 8.83. The molecule has 0 amide bonds. The minimum Gasteiger partial charge on any atom is -0.364 e. The molecule has 0 radical (unpaired) electrons. The van der Waals surface area contributed by atoms with E-state index < -0.39 is 12.3 Å². The smallest absolute Gasteiger partial charge is 0.364 e. The van der Waals surface area contributed by atoms with E-state index in [1.807, 2.05) is 6.07 Å². The van der Waals surface area contributed by atoms with Gasteiger partial charge in [-0.3, -0.25) is 0 Å². The van der Waals surface area contributed by atoms with E-state index in [-0.39, 0.29) is 13.0 Å². The predicted octanol–water partition coefficient (Wildman–Crippen LogP) is 3.45. The van der Waals surface area contributed by atoms with Gasteiger partial charge in [0.15, 0.2) is 6.10 Å². The van der Waals surface area contributed by atoms with Crippen LogP contribution in [0.4, 0.5) is 13.2 Å². The van der Waals surface area contributed by atoms with Gasteiger partial charge in [0.2, 0.25) is 6.08 Å². The van der Waals surface area contributed by atoms with E-state index in [4.69, 9.17) is 14.9 Å². The summed E-state index contributed by atoms with van der Waals surface area (Å²) in [5, 5.41) is 5.40. The fourth-order valence-electron chi connectivity index (χ4n) is 1.21. The second-order valence-corrected chi connectivity index (χ2v) is 3.34. The topological polar surface area (TPSA) is 50.1 Å². The van der Waals surface area contributed by atoms with Crippen LogP contribution in [0.2, 0.25) is 0 Å². The minimum atomic E-state index is -4.27. The summed E-state index contributed by atoms with van der Waals surface area (Å²) in [6.07, 6.45) is -5.25. The van der Waals surface area contributed by atoms with E-state index >= 15 is 0 Å². The lowest BCUT2D eigenvalue weighted by Gasteiger charge is -2.19. The van der Waals surface area contributed by atoms with Crippen molar-refractivity contribution in [1.82, 2.24) is 0 Å². The Kier molecular flexibility index (Phi) is 7.67. The van der Waals surface area contributed by atoms with Crippen LogP contribution >= 0.6 is 0 Å². The zero-order chi connectivity index (χ0) is 14.0. The highest BCUT2D eigenvalue weighted by molar-refractivity contribution is 5.26. The first-order valence-corrected chi connectivity index (χ1v) is 5.21. The van der Waals surface area contributed by atoms with Crippen LogP contribution < -0.4 is 0 Å². The van der Waals surface area contributed by atoms with Crippen molar-refractivity contribution in [3.63, 3.8) is 0 Å². The second kappa shape index (κ2) is 8.44. The molecule has 1 unspecified atom stereocenters. The molecular weight excluding hydrogens is 247 g/mol. The van der Waals surface area contributed by atoms with E-state index in [2.05, 4.69) is 0 Å². The van der Waals surface area contributed by atoms with Crippen molar-refractivity contribution in [2.45, 2.75) is 32.2 Å². The van der Waals surface area contributed by atoms with Gasteiger partial charge in [0, 0.05) is 0 Å². The normalized spacial score (nSPS) is 12.0. The Morgan fingerprint density at radius 1 is 1.33 bits per heavy atom. The van der Waals surface area contributed by atoms with Crippen molar-refractivity contribution in [1.29, 1.82) is 5.41 Å². The Hall–Kier alpha value is -1.65. The maximum atomic E-state index is 12.3. The van der Waals surface area contributed by atoms with Gasteiger partial charge in [0.25, 0.3) is 0 Å². The molecule has 0 heterocycles. The van der Waals surface area contributed by atoms with Crippen LogP contribution in [0.15, 0.2) is 30.3 Å². The summed E-state index contributed by atoms with van der Waals surface area (Å²) in [4.78, 5) is 8.35. The summed E-state index contributed by atoms with van der Waals surface area (Å²) in [7, 11) is 0. The Labute approximate surface area is 103 Å². The molecule has 0 bridgehead atoms. The number of nitrogens with one attached hydrogen (secondary N) is 1. The number of hydrogen-bond donors (Lipinski definition) is 1. The van der Waals surface area contributed by atoms with E-state index in [9.17, 15) is 13.2 Å². The molecule has 6 heteroatoms. The van der Waals surface area contributed by atoms with Crippen molar-refractivity contribution in [3.8, 4) is 0 Å². The zero-order valence-electron chi connectivity index (χ0n) is 9.83. The first-order chi connectivity index (χ1) is 8.45. The number of isocyanates is 1. The van der Waals surface area contributed by atoms with Gasteiger partial charge in [-0.1, -0.05) is 37.3 Å². The van der Waals surface area contributed by atoms with E-state index in [0.29, 0.717) is 0 Å². The van der Waals surface area contributed by atoms with Gasteiger partial charge in [0.1, 0.15) is 0 Å². The molecule has 0 spiro atoms. The average molecular weight is 261 g/mol. The van der Waals surface area contributed by atoms with Crippen LogP contribution in [-0.4, -0.2) is 18.4 Å². The van der Waals surface area contributed by atoms with Gasteiger partial charge < -0.3 is 4.74 Å². The van der Waals surface area contributed by atoms with Crippen LogP contribution in [0.3, 0.4) is 0 Å². The number of ether oxygens (including phenoxy) is 1. The van der Waals surface area contributed by atoms with Crippen LogP contribution in [0.25, 0.3) is 0 Å². The van der Waals surface area contributed by atoms with Crippen molar-refractivity contribution in [2.75, 3.05) is 0 Å². The summed E-state index contributed by atoms with van der Waals surface area (Å²) in [5.41, 5.74) is 0.750. The third kappa shape index (κ3) is 6.83. The first-order valence-electron chi connectivity index (χ1n) is 5.21. The molecule has 0 saturated heterocycles. The Morgan fingerprint density at radius 2 is 1.83 bits per heavy atom. The summed E-state index contributed by atoms with van der Waals surface area (Å²) >= 11 is 0. The van der Waals surface area contributed by atoms with E-state index in [0.717, 1.165) is 11.6 Å². The van der Waals surface area contributed by atoms with Crippen molar-refractivity contribution < 1.29 is 22.7 Å². The summed E-state index contributed by atoms with van der Waals surface area (Å²) in [5.74, 6) is 0. The lowest BCUT2D eigenvalue weighted by Crippen LogP contribution is -2.30. The van der Waals surface area contributed by atoms with Crippen LogP contribution in [0.5, 0.6) is 0 Å². The molecule has 1 N–H and O–H groups in total. The quantitative estimate of drug-likeness (QED) is 0.666. The van der Waals surface area contributed by atoms with Gasteiger partial charge in [-0.05, 0) is 12.0 Å². The largest absolute Gasteiger partial charge is 0.414 e. The molecule has 18 heavy (non-hydrogen) atoms. The Bertz CT molecular complexity index is 359. The van der Waals surface area contributed by atoms with E-state index in [1.54, 1.807) is 24.3 Å². The summed E-state index contributed by atoms with van der Waals surface area (Å²) in [6.45, 7) is 1.46. The number of halogens is 3. The highest BCUT2D eigenvalue weighted by Crippen LogP contribution is 2.25. The molecule has 1 rings (SSSR count). The number of carbonyl (C=O) groups excluding carboxylic acids is 1. The van der Waals surface area contributed by atoms with Gasteiger partial charge in [-0.2, -0.15) is 13.2 Å². The Morgan fingerprint density at radius 3 is 2.22 bits per heavy atom. The number of alkyl halides is 3. The highest BCUT2D eigenvalue weighted by atomic mass is 19.4. The fraction of sp³-hybridized carbons (Fsp3) is 0.417. The SMILES string of the molecule is CCC(OCc1ccccc1)C(F)(F)F.N=C=O. The maximum absolute atomic E-state index is 12.3. The Balaban J connectivity index is 0.000000873. The number of rotatable bonds is 4. The standard InChI is InChI=1S/C11H13F3O.CHNO/c1-2-10(11(12,13)14)15-8-9-6-4-3-5-7-9;2-1-3/h3-7,10H,2,8H2,1H3;2H. The second-order valence-electron chi connectivity index (χ2n) is 3.34. The monoisotopic (exact) mass is 261 g/mol. The zero-order valence-corrected chi connectivity index (χ0v) is 9.83. The fourth-order valence-corrected chi connectivity index (χ4v) is 1.21. The van der Waals surface area contributed by atoms with Gasteiger partial charge in [-0.15, -0.1) is 0 Å². The first kappa shape index (κ1) is 16.4. The van der Waals surface area contributed by atoms with Crippen molar-refractivity contribution >= 4 is 6.08 Å². The summed E-state index contributed by atoms with van der Waals surface area (Å²) < 4.78 is 41.7. The van der Waals surface area contributed by atoms with Crippen LogP contribution in [-0.2, 0) is 16.1 Å².